The van der Waals surface area contributed by atoms with Gasteiger partial charge in [0.1, 0.15) is 5.82 Å². The zero-order valence-electron chi connectivity index (χ0n) is 11.9. The monoisotopic (exact) mass is 320 g/mol. The number of hydrogen-bond donors (Lipinski definition) is 2. The standard InChI is InChI=1S/C14H21FN2OS.ClH/c1-3-6-16-7-8-17-14(18)11-4-5-13(15)12(9-11)10-19-2;/h4-5,9,16H,3,6-8,10H2,1-2H3,(H,17,18);1H. The minimum absolute atomic E-state index is 0. The molecule has 0 radical (unpaired) electrons. The highest BCUT2D eigenvalue weighted by molar-refractivity contribution is 7.97. The van der Waals surface area contributed by atoms with E-state index in [4.69, 9.17) is 0 Å². The van der Waals surface area contributed by atoms with Crippen LogP contribution in [0.15, 0.2) is 18.2 Å². The van der Waals surface area contributed by atoms with E-state index >= 15 is 0 Å². The zero-order chi connectivity index (χ0) is 14.1. The fourth-order valence-corrected chi connectivity index (χ4v) is 2.18. The van der Waals surface area contributed by atoms with Crippen LogP contribution in [0.4, 0.5) is 4.39 Å². The second-order valence-corrected chi connectivity index (χ2v) is 5.11. The number of thioether (sulfide) groups is 1. The fraction of sp³-hybridized carbons (Fsp3) is 0.500. The van der Waals surface area contributed by atoms with Gasteiger partial charge in [-0.1, -0.05) is 6.92 Å². The van der Waals surface area contributed by atoms with Crippen molar-refractivity contribution in [1.29, 1.82) is 0 Å². The van der Waals surface area contributed by atoms with Crippen LogP contribution in [0.3, 0.4) is 0 Å². The summed E-state index contributed by atoms with van der Waals surface area (Å²) in [5.74, 6) is 0.168. The van der Waals surface area contributed by atoms with Crippen molar-refractivity contribution in [3.63, 3.8) is 0 Å². The third kappa shape index (κ3) is 6.59. The zero-order valence-corrected chi connectivity index (χ0v) is 13.5. The van der Waals surface area contributed by atoms with Crippen molar-refractivity contribution in [1.82, 2.24) is 10.6 Å². The Morgan fingerprint density at radius 2 is 2.05 bits per heavy atom. The largest absolute Gasteiger partial charge is 0.351 e. The number of benzene rings is 1. The van der Waals surface area contributed by atoms with Gasteiger partial charge in [-0.25, -0.2) is 4.39 Å². The molecular formula is C14H22ClFN2OS. The Morgan fingerprint density at radius 1 is 1.30 bits per heavy atom. The molecule has 20 heavy (non-hydrogen) atoms. The molecule has 0 aromatic heterocycles. The number of carbonyl (C=O) groups is 1. The summed E-state index contributed by atoms with van der Waals surface area (Å²) in [5.41, 5.74) is 1.09. The van der Waals surface area contributed by atoms with Crippen molar-refractivity contribution in [2.45, 2.75) is 19.1 Å². The minimum atomic E-state index is -0.254. The molecule has 1 aromatic carbocycles. The molecule has 1 rings (SSSR count). The first-order valence-corrected chi connectivity index (χ1v) is 7.84. The van der Waals surface area contributed by atoms with Crippen LogP contribution in [-0.4, -0.2) is 31.8 Å². The van der Waals surface area contributed by atoms with Crippen molar-refractivity contribution >= 4 is 30.1 Å². The Kier molecular flexibility index (Phi) is 10.5. The molecular weight excluding hydrogens is 299 g/mol. The Hall–Kier alpha value is -0.780. The quantitative estimate of drug-likeness (QED) is 0.724. The Morgan fingerprint density at radius 3 is 2.70 bits per heavy atom. The van der Waals surface area contributed by atoms with E-state index in [9.17, 15) is 9.18 Å². The molecule has 114 valence electrons. The predicted molar refractivity (Wildman–Crippen MR) is 86.4 cm³/mol. The summed E-state index contributed by atoms with van der Waals surface area (Å²) < 4.78 is 13.5. The Balaban J connectivity index is 0.00000361. The molecule has 6 heteroatoms. The van der Waals surface area contributed by atoms with Crippen LogP contribution in [0.2, 0.25) is 0 Å². The van der Waals surface area contributed by atoms with E-state index in [1.165, 1.54) is 23.9 Å². The van der Waals surface area contributed by atoms with Crippen LogP contribution in [0.1, 0.15) is 29.3 Å². The van der Waals surface area contributed by atoms with Gasteiger partial charge >= 0.3 is 0 Å². The summed E-state index contributed by atoms with van der Waals surface area (Å²) in [6.07, 6.45) is 2.98. The van der Waals surface area contributed by atoms with Crippen molar-refractivity contribution < 1.29 is 9.18 Å². The van der Waals surface area contributed by atoms with E-state index in [0.717, 1.165) is 19.5 Å². The molecule has 0 aliphatic rings. The normalized spacial score (nSPS) is 9.95. The molecule has 0 saturated heterocycles. The molecule has 0 saturated carbocycles. The van der Waals surface area contributed by atoms with E-state index < -0.39 is 0 Å². The van der Waals surface area contributed by atoms with Crippen LogP contribution in [0.5, 0.6) is 0 Å². The van der Waals surface area contributed by atoms with Gasteiger partial charge in [-0.15, -0.1) is 12.4 Å². The van der Waals surface area contributed by atoms with Crippen LogP contribution in [0, 0.1) is 5.82 Å². The molecule has 0 spiro atoms. The lowest BCUT2D eigenvalue weighted by Gasteiger charge is -2.08. The molecule has 0 unspecified atom stereocenters. The van der Waals surface area contributed by atoms with Gasteiger partial charge in [-0.2, -0.15) is 11.8 Å². The molecule has 1 amide bonds. The SMILES string of the molecule is CCCNCCNC(=O)c1ccc(F)c(CSC)c1.Cl. The van der Waals surface area contributed by atoms with Crippen molar-refractivity contribution in [3.05, 3.63) is 35.1 Å². The van der Waals surface area contributed by atoms with Gasteiger partial charge < -0.3 is 10.6 Å². The topological polar surface area (TPSA) is 41.1 Å². The summed E-state index contributed by atoms with van der Waals surface area (Å²) in [4.78, 5) is 11.9. The number of rotatable bonds is 8. The van der Waals surface area contributed by atoms with E-state index in [1.807, 2.05) is 6.26 Å². The maximum Gasteiger partial charge on any atom is 0.251 e. The third-order valence-electron chi connectivity index (χ3n) is 2.62. The average molecular weight is 321 g/mol. The fourth-order valence-electron chi connectivity index (χ4n) is 1.65. The number of carbonyl (C=O) groups excluding carboxylic acids is 1. The molecule has 0 aliphatic heterocycles. The lowest BCUT2D eigenvalue weighted by atomic mass is 10.1. The summed E-state index contributed by atoms with van der Waals surface area (Å²) in [6.45, 7) is 4.37. The predicted octanol–water partition coefficient (Wildman–Crippen LogP) is 2.84. The van der Waals surface area contributed by atoms with E-state index in [0.29, 0.717) is 23.4 Å². The molecule has 0 atom stereocenters. The van der Waals surface area contributed by atoms with Crippen LogP contribution in [0.25, 0.3) is 0 Å². The van der Waals surface area contributed by atoms with E-state index in [1.54, 1.807) is 6.07 Å². The van der Waals surface area contributed by atoms with Crippen LogP contribution >= 0.6 is 24.2 Å². The van der Waals surface area contributed by atoms with Crippen molar-refractivity contribution in [2.75, 3.05) is 25.9 Å². The highest BCUT2D eigenvalue weighted by Gasteiger charge is 2.08. The van der Waals surface area contributed by atoms with Gasteiger partial charge in [0.05, 0.1) is 0 Å². The van der Waals surface area contributed by atoms with Crippen LogP contribution < -0.4 is 10.6 Å². The summed E-state index contributed by atoms with van der Waals surface area (Å²) in [5, 5.41) is 6.02. The first kappa shape index (κ1) is 19.2. The lowest BCUT2D eigenvalue weighted by Crippen LogP contribution is -2.32. The van der Waals surface area contributed by atoms with Crippen molar-refractivity contribution in [2.24, 2.45) is 0 Å². The third-order valence-corrected chi connectivity index (χ3v) is 3.22. The van der Waals surface area contributed by atoms with Gasteiger partial charge in [-0.05, 0) is 43.0 Å². The summed E-state index contributed by atoms with van der Waals surface area (Å²) in [7, 11) is 0. The maximum absolute atomic E-state index is 13.5. The van der Waals surface area contributed by atoms with Gasteiger partial charge in [0.15, 0.2) is 0 Å². The smallest absolute Gasteiger partial charge is 0.251 e. The summed E-state index contributed by atoms with van der Waals surface area (Å²) >= 11 is 1.53. The van der Waals surface area contributed by atoms with E-state index in [-0.39, 0.29) is 24.1 Å². The maximum atomic E-state index is 13.5. The van der Waals surface area contributed by atoms with Gasteiger partial charge in [0.2, 0.25) is 0 Å². The number of amides is 1. The molecule has 1 aromatic rings. The van der Waals surface area contributed by atoms with Crippen molar-refractivity contribution in [3.8, 4) is 0 Å². The number of hydrogen-bond acceptors (Lipinski definition) is 3. The molecule has 0 heterocycles. The molecule has 0 aliphatic carbocycles. The number of nitrogens with one attached hydrogen (secondary N) is 2. The molecule has 3 nitrogen and oxygen atoms in total. The Labute approximate surface area is 130 Å². The van der Waals surface area contributed by atoms with Gasteiger partial charge in [0.25, 0.3) is 5.91 Å². The summed E-state index contributed by atoms with van der Waals surface area (Å²) in [6, 6.07) is 4.50. The first-order valence-electron chi connectivity index (χ1n) is 6.45. The molecule has 0 bridgehead atoms. The highest BCUT2D eigenvalue weighted by atomic mass is 35.5. The van der Waals surface area contributed by atoms with Gasteiger partial charge in [0, 0.05) is 24.4 Å². The molecule has 0 fully saturated rings. The average Bonchev–Trinajstić information content (AvgIpc) is 2.41. The second kappa shape index (κ2) is 10.9. The van der Waals surface area contributed by atoms with E-state index in [2.05, 4.69) is 17.6 Å². The highest BCUT2D eigenvalue weighted by Crippen LogP contribution is 2.15. The van der Waals surface area contributed by atoms with Gasteiger partial charge in [-0.3, -0.25) is 4.79 Å². The molecule has 2 N–H and O–H groups in total. The van der Waals surface area contributed by atoms with Crippen LogP contribution in [-0.2, 0) is 5.75 Å². The lowest BCUT2D eigenvalue weighted by molar-refractivity contribution is 0.0954. The first-order chi connectivity index (χ1) is 9.19. The minimum Gasteiger partial charge on any atom is -0.351 e. The second-order valence-electron chi connectivity index (χ2n) is 4.25. The Bertz CT molecular complexity index is 418. The number of halogens is 2.